The average Bonchev–Trinajstić information content (AvgIpc) is 2.60. The summed E-state index contributed by atoms with van der Waals surface area (Å²) < 4.78 is 5.09. The van der Waals surface area contributed by atoms with Gasteiger partial charge in [-0.15, -0.1) is 0 Å². The molecule has 0 radical (unpaired) electrons. The van der Waals surface area contributed by atoms with Crippen LogP contribution in [0.2, 0.25) is 0 Å². The van der Waals surface area contributed by atoms with Crippen molar-refractivity contribution in [1.82, 2.24) is 0 Å². The number of anilines is 2. The third-order valence-corrected chi connectivity index (χ3v) is 4.10. The number of esters is 1. The Hall–Kier alpha value is -1.79. The zero-order valence-electron chi connectivity index (χ0n) is 13.6. The number of aliphatic hydroxyl groups is 2. The van der Waals surface area contributed by atoms with E-state index in [2.05, 4.69) is 10.2 Å². The van der Waals surface area contributed by atoms with Gasteiger partial charge in [-0.2, -0.15) is 0 Å². The minimum Gasteiger partial charge on any atom is -0.466 e. The summed E-state index contributed by atoms with van der Waals surface area (Å²) in [4.78, 5) is 14.0. The molecule has 1 heterocycles. The fourth-order valence-corrected chi connectivity index (χ4v) is 2.72. The molecule has 128 valence electrons. The van der Waals surface area contributed by atoms with Crippen LogP contribution in [-0.4, -0.2) is 55.1 Å². The van der Waals surface area contributed by atoms with Crippen LogP contribution in [0.3, 0.4) is 0 Å². The smallest absolute Gasteiger partial charge is 0.309 e. The molecule has 0 bridgehead atoms. The number of ether oxygens (including phenoxy) is 1. The minimum absolute atomic E-state index is 0.0205. The Morgan fingerprint density at radius 1 is 1.35 bits per heavy atom. The monoisotopic (exact) mass is 322 g/mol. The molecule has 1 aliphatic rings. The molecule has 2 rings (SSSR count). The first kappa shape index (κ1) is 17.6. The molecule has 6 nitrogen and oxygen atoms in total. The van der Waals surface area contributed by atoms with E-state index in [0.29, 0.717) is 13.2 Å². The van der Waals surface area contributed by atoms with E-state index in [0.717, 1.165) is 37.3 Å². The number of carbonyl (C=O) groups excluding carboxylic acids is 1. The molecular weight excluding hydrogens is 296 g/mol. The van der Waals surface area contributed by atoms with Crippen LogP contribution in [0.15, 0.2) is 24.3 Å². The predicted octanol–water partition coefficient (Wildman–Crippen LogP) is 1.23. The second-order valence-electron chi connectivity index (χ2n) is 5.78. The van der Waals surface area contributed by atoms with Crippen LogP contribution < -0.4 is 10.2 Å². The largest absolute Gasteiger partial charge is 0.466 e. The van der Waals surface area contributed by atoms with E-state index >= 15 is 0 Å². The molecule has 1 aliphatic heterocycles. The molecule has 1 aromatic rings. The van der Waals surface area contributed by atoms with Gasteiger partial charge in [0, 0.05) is 31.0 Å². The molecular formula is C17H26N2O4. The van der Waals surface area contributed by atoms with Crippen molar-refractivity contribution in [3.05, 3.63) is 24.3 Å². The second kappa shape index (κ2) is 8.74. The second-order valence-corrected chi connectivity index (χ2v) is 5.78. The summed E-state index contributed by atoms with van der Waals surface area (Å²) in [6, 6.07) is 7.96. The standard InChI is InChI=1S/C17H26N2O4/c1-2-23-17(22)13-7-9-19(10-8-13)15-5-3-14(4-6-15)18-11-16(21)12-20/h3-6,13,16,18,20-21H,2,7-12H2,1H3. The van der Waals surface area contributed by atoms with Crippen molar-refractivity contribution in [2.45, 2.75) is 25.9 Å². The maximum absolute atomic E-state index is 11.8. The van der Waals surface area contributed by atoms with Crippen LogP contribution in [0.1, 0.15) is 19.8 Å². The third kappa shape index (κ3) is 5.11. The van der Waals surface area contributed by atoms with E-state index < -0.39 is 6.10 Å². The van der Waals surface area contributed by atoms with Gasteiger partial charge in [0.05, 0.1) is 25.2 Å². The molecule has 0 spiro atoms. The van der Waals surface area contributed by atoms with Gasteiger partial charge >= 0.3 is 5.97 Å². The van der Waals surface area contributed by atoms with Gasteiger partial charge < -0.3 is 25.2 Å². The summed E-state index contributed by atoms with van der Waals surface area (Å²) in [5.74, 6) is -0.0544. The van der Waals surface area contributed by atoms with Crippen molar-refractivity contribution in [3.8, 4) is 0 Å². The number of nitrogens with one attached hydrogen (secondary N) is 1. The van der Waals surface area contributed by atoms with E-state index in [1.807, 2.05) is 31.2 Å². The zero-order valence-corrected chi connectivity index (χ0v) is 13.6. The van der Waals surface area contributed by atoms with Crippen molar-refractivity contribution in [2.75, 3.05) is 43.1 Å². The molecule has 6 heteroatoms. The van der Waals surface area contributed by atoms with E-state index in [9.17, 15) is 9.90 Å². The Bertz CT molecular complexity index is 484. The Balaban J connectivity index is 1.83. The number of nitrogens with zero attached hydrogens (tertiary/aromatic N) is 1. The predicted molar refractivity (Wildman–Crippen MR) is 89.6 cm³/mol. The number of hydrogen-bond acceptors (Lipinski definition) is 6. The van der Waals surface area contributed by atoms with Gasteiger partial charge in [-0.3, -0.25) is 4.79 Å². The molecule has 1 atom stereocenters. The third-order valence-electron chi connectivity index (χ3n) is 4.10. The van der Waals surface area contributed by atoms with Crippen LogP contribution in [-0.2, 0) is 9.53 Å². The average molecular weight is 322 g/mol. The highest BCUT2D eigenvalue weighted by Gasteiger charge is 2.25. The lowest BCUT2D eigenvalue weighted by atomic mass is 9.96. The number of hydrogen-bond donors (Lipinski definition) is 3. The lowest BCUT2D eigenvalue weighted by molar-refractivity contribution is -0.148. The van der Waals surface area contributed by atoms with Crippen molar-refractivity contribution < 1.29 is 19.7 Å². The van der Waals surface area contributed by atoms with Gasteiger partial charge in [0.2, 0.25) is 0 Å². The van der Waals surface area contributed by atoms with Gasteiger partial charge in [-0.05, 0) is 44.0 Å². The quantitative estimate of drug-likeness (QED) is 0.655. The zero-order chi connectivity index (χ0) is 16.7. The highest BCUT2D eigenvalue weighted by Crippen LogP contribution is 2.25. The topological polar surface area (TPSA) is 82.0 Å². The van der Waals surface area contributed by atoms with E-state index in [1.165, 1.54) is 0 Å². The van der Waals surface area contributed by atoms with E-state index in [1.54, 1.807) is 0 Å². The first-order chi connectivity index (χ1) is 11.1. The molecule has 1 saturated heterocycles. The van der Waals surface area contributed by atoms with Crippen molar-refractivity contribution in [1.29, 1.82) is 0 Å². The van der Waals surface area contributed by atoms with Crippen LogP contribution in [0.25, 0.3) is 0 Å². The summed E-state index contributed by atoms with van der Waals surface area (Å²) in [6.07, 6.45) is 0.889. The molecule has 0 saturated carbocycles. The van der Waals surface area contributed by atoms with Gasteiger partial charge in [0.25, 0.3) is 0 Å². The van der Waals surface area contributed by atoms with E-state index in [4.69, 9.17) is 9.84 Å². The Labute approximate surface area is 137 Å². The number of aliphatic hydroxyl groups excluding tert-OH is 2. The number of rotatable bonds is 7. The van der Waals surface area contributed by atoms with Crippen molar-refractivity contribution >= 4 is 17.3 Å². The first-order valence-electron chi connectivity index (χ1n) is 8.18. The lowest BCUT2D eigenvalue weighted by Gasteiger charge is -2.32. The van der Waals surface area contributed by atoms with Crippen molar-refractivity contribution in [2.24, 2.45) is 5.92 Å². The van der Waals surface area contributed by atoms with Gasteiger partial charge in [-0.25, -0.2) is 0 Å². The van der Waals surface area contributed by atoms with Gasteiger partial charge in [-0.1, -0.05) is 0 Å². The molecule has 0 aromatic heterocycles. The summed E-state index contributed by atoms with van der Waals surface area (Å²) in [7, 11) is 0. The normalized spacial score (nSPS) is 16.9. The van der Waals surface area contributed by atoms with Crippen LogP contribution >= 0.6 is 0 Å². The Morgan fingerprint density at radius 3 is 2.57 bits per heavy atom. The molecule has 1 unspecified atom stereocenters. The summed E-state index contributed by atoms with van der Waals surface area (Å²) >= 11 is 0. The summed E-state index contributed by atoms with van der Waals surface area (Å²) in [5.41, 5.74) is 2.03. The van der Waals surface area contributed by atoms with Gasteiger partial charge in [0.15, 0.2) is 0 Å². The SMILES string of the molecule is CCOC(=O)C1CCN(c2ccc(NCC(O)CO)cc2)CC1. The molecule has 3 N–H and O–H groups in total. The number of piperidine rings is 1. The fourth-order valence-electron chi connectivity index (χ4n) is 2.72. The first-order valence-corrected chi connectivity index (χ1v) is 8.18. The number of carbonyl (C=O) groups is 1. The van der Waals surface area contributed by atoms with Crippen molar-refractivity contribution in [3.63, 3.8) is 0 Å². The summed E-state index contributed by atoms with van der Waals surface area (Å²) in [5, 5.41) is 21.2. The molecule has 1 fully saturated rings. The van der Waals surface area contributed by atoms with E-state index in [-0.39, 0.29) is 18.5 Å². The Morgan fingerprint density at radius 2 is 2.00 bits per heavy atom. The molecule has 0 amide bonds. The minimum atomic E-state index is -0.753. The van der Waals surface area contributed by atoms with Crippen LogP contribution in [0.4, 0.5) is 11.4 Å². The maximum atomic E-state index is 11.8. The molecule has 1 aromatic carbocycles. The highest BCUT2D eigenvalue weighted by atomic mass is 16.5. The van der Waals surface area contributed by atoms with Crippen LogP contribution in [0, 0.1) is 5.92 Å². The maximum Gasteiger partial charge on any atom is 0.309 e. The van der Waals surface area contributed by atoms with Crippen LogP contribution in [0.5, 0.6) is 0 Å². The molecule has 23 heavy (non-hydrogen) atoms. The molecule has 0 aliphatic carbocycles. The lowest BCUT2D eigenvalue weighted by Crippen LogP contribution is -2.36. The summed E-state index contributed by atoms with van der Waals surface area (Å²) in [6.45, 7) is 4.04. The highest BCUT2D eigenvalue weighted by molar-refractivity contribution is 5.73. The number of benzene rings is 1. The Kier molecular flexibility index (Phi) is 6.67. The fraction of sp³-hybridized carbons (Fsp3) is 0.588. The van der Waals surface area contributed by atoms with Gasteiger partial charge in [0.1, 0.15) is 0 Å².